The zero-order valence-corrected chi connectivity index (χ0v) is 16.0. The Labute approximate surface area is 168 Å². The Bertz CT molecular complexity index is 1010. The van der Waals surface area contributed by atoms with E-state index in [2.05, 4.69) is 16.5 Å². The monoisotopic (exact) mass is 393 g/mol. The SMILES string of the molecule is N#Cc1c(CCCNC(=O)Cc2ccccc2Cl)nn(-c2ccccc2)c1N. The van der Waals surface area contributed by atoms with Gasteiger partial charge in [-0.1, -0.05) is 48.0 Å². The predicted molar refractivity (Wildman–Crippen MR) is 109 cm³/mol. The van der Waals surface area contributed by atoms with E-state index in [0.29, 0.717) is 41.5 Å². The number of hydrogen-bond acceptors (Lipinski definition) is 4. The highest BCUT2D eigenvalue weighted by atomic mass is 35.5. The smallest absolute Gasteiger partial charge is 0.224 e. The van der Waals surface area contributed by atoms with Gasteiger partial charge in [-0.3, -0.25) is 4.79 Å². The second-order valence-electron chi connectivity index (χ2n) is 6.29. The molecule has 0 fully saturated rings. The van der Waals surface area contributed by atoms with Crippen molar-refractivity contribution in [1.29, 1.82) is 5.26 Å². The number of nitrogens with zero attached hydrogens (tertiary/aromatic N) is 3. The van der Waals surface area contributed by atoms with Crippen LogP contribution in [0.3, 0.4) is 0 Å². The van der Waals surface area contributed by atoms with Gasteiger partial charge in [0.1, 0.15) is 17.5 Å². The molecule has 0 spiro atoms. The fourth-order valence-electron chi connectivity index (χ4n) is 2.90. The molecular weight excluding hydrogens is 374 g/mol. The van der Waals surface area contributed by atoms with Crippen LogP contribution in [-0.2, 0) is 17.6 Å². The molecule has 142 valence electrons. The van der Waals surface area contributed by atoms with Gasteiger partial charge in [-0.15, -0.1) is 0 Å². The van der Waals surface area contributed by atoms with Crippen molar-refractivity contribution in [3.05, 3.63) is 76.4 Å². The summed E-state index contributed by atoms with van der Waals surface area (Å²) in [6.07, 6.45) is 1.42. The maximum atomic E-state index is 12.1. The first-order valence-electron chi connectivity index (χ1n) is 8.93. The van der Waals surface area contributed by atoms with E-state index < -0.39 is 0 Å². The summed E-state index contributed by atoms with van der Waals surface area (Å²) >= 11 is 6.08. The van der Waals surface area contributed by atoms with Crippen molar-refractivity contribution in [1.82, 2.24) is 15.1 Å². The molecule has 6 nitrogen and oxygen atoms in total. The number of aromatic nitrogens is 2. The summed E-state index contributed by atoms with van der Waals surface area (Å²) < 4.78 is 1.57. The molecule has 7 heteroatoms. The Hall–Kier alpha value is -3.30. The Morgan fingerprint density at radius 3 is 2.61 bits per heavy atom. The molecular formula is C21H20ClN5O. The van der Waals surface area contributed by atoms with Gasteiger partial charge in [0.15, 0.2) is 0 Å². The second kappa shape index (κ2) is 9.07. The van der Waals surface area contributed by atoms with Crippen LogP contribution in [0.4, 0.5) is 5.82 Å². The summed E-state index contributed by atoms with van der Waals surface area (Å²) in [7, 11) is 0. The molecule has 3 rings (SSSR count). The van der Waals surface area contributed by atoms with Gasteiger partial charge in [-0.25, -0.2) is 4.68 Å². The van der Waals surface area contributed by atoms with Crippen LogP contribution < -0.4 is 11.1 Å². The predicted octanol–water partition coefficient (Wildman–Crippen LogP) is 3.27. The van der Waals surface area contributed by atoms with Gasteiger partial charge in [0.25, 0.3) is 0 Å². The molecule has 0 aliphatic heterocycles. The topological polar surface area (TPSA) is 96.7 Å². The number of nitrogen functional groups attached to an aromatic ring is 1. The zero-order chi connectivity index (χ0) is 19.9. The van der Waals surface area contributed by atoms with Gasteiger partial charge >= 0.3 is 0 Å². The van der Waals surface area contributed by atoms with E-state index in [1.165, 1.54) is 0 Å². The highest BCUT2D eigenvalue weighted by Gasteiger charge is 2.16. The summed E-state index contributed by atoms with van der Waals surface area (Å²) in [6, 6.07) is 18.8. The summed E-state index contributed by atoms with van der Waals surface area (Å²) in [6.45, 7) is 0.478. The highest BCUT2D eigenvalue weighted by molar-refractivity contribution is 6.31. The van der Waals surface area contributed by atoms with Crippen LogP contribution in [0.25, 0.3) is 5.69 Å². The van der Waals surface area contributed by atoms with Gasteiger partial charge in [0, 0.05) is 11.6 Å². The largest absolute Gasteiger partial charge is 0.382 e. The molecule has 0 unspecified atom stereocenters. The molecule has 0 saturated carbocycles. The number of para-hydroxylation sites is 1. The summed E-state index contributed by atoms with van der Waals surface area (Å²) in [5.74, 6) is 0.231. The van der Waals surface area contributed by atoms with Gasteiger partial charge in [-0.05, 0) is 36.6 Å². The third-order valence-electron chi connectivity index (χ3n) is 4.33. The Kier molecular flexibility index (Phi) is 6.30. The Morgan fingerprint density at radius 2 is 1.89 bits per heavy atom. The number of halogens is 1. The number of hydrogen-bond donors (Lipinski definition) is 2. The van der Waals surface area contributed by atoms with Crippen LogP contribution >= 0.6 is 11.6 Å². The number of benzene rings is 2. The first-order valence-corrected chi connectivity index (χ1v) is 9.31. The third-order valence-corrected chi connectivity index (χ3v) is 4.70. The first-order chi connectivity index (χ1) is 13.6. The van der Waals surface area contributed by atoms with Gasteiger partial charge in [0.05, 0.1) is 17.8 Å². The summed E-state index contributed by atoms with van der Waals surface area (Å²) in [5, 5.41) is 17.4. The minimum absolute atomic E-state index is 0.0945. The number of carbonyl (C=O) groups is 1. The van der Waals surface area contributed by atoms with E-state index in [1.807, 2.05) is 48.5 Å². The molecule has 3 N–H and O–H groups in total. The maximum absolute atomic E-state index is 12.1. The van der Waals surface area contributed by atoms with Crippen molar-refractivity contribution in [3.8, 4) is 11.8 Å². The van der Waals surface area contributed by atoms with Crippen LogP contribution in [0.15, 0.2) is 54.6 Å². The maximum Gasteiger partial charge on any atom is 0.224 e. The van der Waals surface area contributed by atoms with E-state index >= 15 is 0 Å². The molecule has 1 amide bonds. The third kappa shape index (κ3) is 4.51. The number of aryl methyl sites for hydroxylation is 1. The standard InChI is InChI=1S/C21H20ClN5O/c22-18-10-5-4-7-15(18)13-20(28)25-12-6-11-19-17(14-23)21(24)27(26-19)16-8-2-1-3-9-16/h1-5,7-10H,6,11-13,24H2,(H,25,28). The van der Waals surface area contributed by atoms with Crippen molar-refractivity contribution in [2.45, 2.75) is 19.3 Å². The van der Waals surface area contributed by atoms with E-state index in [0.717, 1.165) is 11.3 Å². The lowest BCUT2D eigenvalue weighted by Gasteiger charge is -2.06. The molecule has 0 bridgehead atoms. The van der Waals surface area contributed by atoms with Gasteiger partial charge in [-0.2, -0.15) is 10.4 Å². The number of rotatable bonds is 7. The van der Waals surface area contributed by atoms with E-state index in [4.69, 9.17) is 17.3 Å². The molecule has 0 aliphatic rings. The van der Waals surface area contributed by atoms with E-state index in [-0.39, 0.29) is 12.3 Å². The summed E-state index contributed by atoms with van der Waals surface area (Å²) in [4.78, 5) is 12.1. The number of nitrogens with one attached hydrogen (secondary N) is 1. The van der Waals surface area contributed by atoms with Crippen LogP contribution in [0, 0.1) is 11.3 Å². The molecule has 1 aromatic heterocycles. The molecule has 0 saturated heterocycles. The number of nitrogens with two attached hydrogens (primary N) is 1. The minimum Gasteiger partial charge on any atom is -0.382 e. The molecule has 1 heterocycles. The van der Waals surface area contributed by atoms with Gasteiger partial charge in [0.2, 0.25) is 5.91 Å². The average molecular weight is 394 g/mol. The van der Waals surface area contributed by atoms with Crippen molar-refractivity contribution in [3.63, 3.8) is 0 Å². The van der Waals surface area contributed by atoms with Crippen molar-refractivity contribution in [2.75, 3.05) is 12.3 Å². The van der Waals surface area contributed by atoms with E-state index in [1.54, 1.807) is 10.7 Å². The first kappa shape index (κ1) is 19.5. The van der Waals surface area contributed by atoms with Crippen LogP contribution in [0.2, 0.25) is 5.02 Å². The molecule has 3 aromatic rings. The average Bonchev–Trinajstić information content (AvgIpc) is 3.03. The van der Waals surface area contributed by atoms with Crippen molar-refractivity contribution >= 4 is 23.3 Å². The number of carbonyl (C=O) groups excluding carboxylic acids is 1. The van der Waals surface area contributed by atoms with Crippen molar-refractivity contribution in [2.24, 2.45) is 0 Å². The molecule has 0 radical (unpaired) electrons. The molecule has 28 heavy (non-hydrogen) atoms. The summed E-state index contributed by atoms with van der Waals surface area (Å²) in [5.41, 5.74) is 8.70. The zero-order valence-electron chi connectivity index (χ0n) is 15.2. The van der Waals surface area contributed by atoms with Gasteiger partial charge < -0.3 is 11.1 Å². The van der Waals surface area contributed by atoms with E-state index in [9.17, 15) is 10.1 Å². The molecule has 2 aromatic carbocycles. The highest BCUT2D eigenvalue weighted by Crippen LogP contribution is 2.21. The number of amides is 1. The minimum atomic E-state index is -0.0945. The quantitative estimate of drug-likeness (QED) is 0.602. The fourth-order valence-corrected chi connectivity index (χ4v) is 3.10. The number of anilines is 1. The van der Waals surface area contributed by atoms with Crippen LogP contribution in [-0.4, -0.2) is 22.2 Å². The second-order valence-corrected chi connectivity index (χ2v) is 6.69. The van der Waals surface area contributed by atoms with Crippen LogP contribution in [0.1, 0.15) is 23.2 Å². The van der Waals surface area contributed by atoms with Crippen molar-refractivity contribution < 1.29 is 4.79 Å². The Morgan fingerprint density at radius 1 is 1.18 bits per heavy atom. The lowest BCUT2D eigenvalue weighted by atomic mass is 10.1. The lowest BCUT2D eigenvalue weighted by Crippen LogP contribution is -2.26. The fraction of sp³-hybridized carbons (Fsp3) is 0.190. The molecule has 0 aliphatic carbocycles. The molecule has 0 atom stereocenters. The lowest BCUT2D eigenvalue weighted by molar-refractivity contribution is -0.120. The number of nitriles is 1. The van der Waals surface area contributed by atoms with Crippen LogP contribution in [0.5, 0.6) is 0 Å². The normalized spacial score (nSPS) is 10.4. The Balaban J connectivity index is 1.57.